The zero-order valence-electron chi connectivity index (χ0n) is 16.6. The third-order valence-electron chi connectivity index (χ3n) is 3.57. The van der Waals surface area contributed by atoms with E-state index in [4.69, 9.17) is 9.47 Å². The molecule has 0 spiro atoms. The molecule has 3 N–H and O–H groups in total. The molecule has 0 radical (unpaired) electrons. The Kier molecular flexibility index (Phi) is 9.23. The van der Waals surface area contributed by atoms with Crippen LogP contribution in [0.2, 0.25) is 0 Å². The van der Waals surface area contributed by atoms with Crippen molar-refractivity contribution in [3.8, 4) is 11.5 Å². The maximum Gasteiger partial charge on any atom is 0.336 e. The van der Waals surface area contributed by atoms with Crippen molar-refractivity contribution in [2.24, 2.45) is 5.92 Å². The Morgan fingerprint density at radius 3 is 2.43 bits per heavy atom. The average molecular weight is 396 g/mol. The number of phenols is 1. The minimum absolute atomic E-state index is 0.0571. The van der Waals surface area contributed by atoms with Crippen LogP contribution in [0, 0.1) is 5.92 Å². The molecule has 0 saturated heterocycles. The van der Waals surface area contributed by atoms with Gasteiger partial charge >= 0.3 is 18.0 Å². The quantitative estimate of drug-likeness (QED) is 0.431. The van der Waals surface area contributed by atoms with Crippen LogP contribution in [-0.2, 0) is 14.3 Å². The van der Waals surface area contributed by atoms with Gasteiger partial charge in [-0.3, -0.25) is 4.79 Å². The molecule has 156 valence electrons. The van der Waals surface area contributed by atoms with Gasteiger partial charge in [0.1, 0.15) is 0 Å². The van der Waals surface area contributed by atoms with Crippen LogP contribution in [0.25, 0.3) is 0 Å². The Morgan fingerprint density at radius 1 is 1.18 bits per heavy atom. The Bertz CT molecular complexity index is 691. The lowest BCUT2D eigenvalue weighted by Crippen LogP contribution is -2.45. The monoisotopic (exact) mass is 396 g/mol. The van der Waals surface area contributed by atoms with E-state index in [1.54, 1.807) is 13.8 Å². The number of carbonyl (C=O) groups is 3. The second-order valence-corrected chi connectivity index (χ2v) is 6.48. The van der Waals surface area contributed by atoms with Gasteiger partial charge < -0.3 is 29.9 Å². The van der Waals surface area contributed by atoms with Gasteiger partial charge in [-0.25, -0.2) is 9.59 Å². The first-order chi connectivity index (χ1) is 13.2. The number of aromatic hydroxyl groups is 1. The molecular weight excluding hydrogens is 368 g/mol. The van der Waals surface area contributed by atoms with Crippen molar-refractivity contribution in [3.05, 3.63) is 18.2 Å². The highest BCUT2D eigenvalue weighted by molar-refractivity contribution is 5.93. The number of amides is 2. The van der Waals surface area contributed by atoms with Crippen LogP contribution in [0.5, 0.6) is 11.5 Å². The van der Waals surface area contributed by atoms with Crippen LogP contribution in [0.4, 0.5) is 10.5 Å². The molecule has 0 aliphatic heterocycles. The first-order valence-corrected chi connectivity index (χ1v) is 9.12. The van der Waals surface area contributed by atoms with Gasteiger partial charge in [-0.2, -0.15) is 0 Å². The van der Waals surface area contributed by atoms with Crippen molar-refractivity contribution in [1.29, 1.82) is 0 Å². The molecule has 9 heteroatoms. The van der Waals surface area contributed by atoms with Crippen molar-refractivity contribution >= 4 is 23.7 Å². The number of benzene rings is 1. The molecule has 28 heavy (non-hydrogen) atoms. The molecule has 0 aliphatic rings. The molecule has 0 fully saturated rings. The van der Waals surface area contributed by atoms with Crippen LogP contribution in [-0.4, -0.2) is 58.9 Å². The Hall–Kier alpha value is -2.81. The first-order valence-electron chi connectivity index (χ1n) is 9.12. The number of aliphatic hydroxyl groups excluding tert-OH is 1. The smallest absolute Gasteiger partial charge is 0.336 e. The topological polar surface area (TPSA) is 125 Å². The summed E-state index contributed by atoms with van der Waals surface area (Å²) in [5, 5.41) is 22.5. The van der Waals surface area contributed by atoms with Crippen molar-refractivity contribution < 1.29 is 34.1 Å². The molecule has 1 aromatic rings. The van der Waals surface area contributed by atoms with Crippen LogP contribution in [0.1, 0.15) is 34.1 Å². The minimum atomic E-state index is -1.49. The number of nitrogens with one attached hydrogen (secondary N) is 1. The maximum absolute atomic E-state index is 12.7. The van der Waals surface area contributed by atoms with Crippen LogP contribution < -0.4 is 10.1 Å². The van der Waals surface area contributed by atoms with E-state index in [2.05, 4.69) is 5.32 Å². The SMILES string of the molecule is CCOC(=O)C(O)CN(CC(C)C)C(=O)Nc1cccc(O)c1OC(=O)CC. The summed E-state index contributed by atoms with van der Waals surface area (Å²) in [6.07, 6.45) is -1.40. The predicted octanol–water partition coefficient (Wildman–Crippen LogP) is 2.12. The fraction of sp³-hybridized carbons (Fsp3) is 0.526. The van der Waals surface area contributed by atoms with E-state index < -0.39 is 24.1 Å². The van der Waals surface area contributed by atoms with Gasteiger partial charge in [0.25, 0.3) is 0 Å². The number of hydrogen-bond acceptors (Lipinski definition) is 7. The van der Waals surface area contributed by atoms with Gasteiger partial charge in [-0.05, 0) is 25.0 Å². The maximum atomic E-state index is 12.7. The van der Waals surface area contributed by atoms with Gasteiger partial charge in [0.15, 0.2) is 17.6 Å². The molecule has 0 bridgehead atoms. The summed E-state index contributed by atoms with van der Waals surface area (Å²) in [4.78, 5) is 37.2. The van der Waals surface area contributed by atoms with Crippen molar-refractivity contribution in [2.45, 2.75) is 40.2 Å². The van der Waals surface area contributed by atoms with Gasteiger partial charge in [-0.1, -0.05) is 26.8 Å². The lowest BCUT2D eigenvalue weighted by Gasteiger charge is -2.27. The van der Waals surface area contributed by atoms with E-state index >= 15 is 0 Å². The second kappa shape index (κ2) is 11.1. The number of rotatable bonds is 9. The van der Waals surface area contributed by atoms with E-state index in [0.717, 1.165) is 0 Å². The number of aliphatic hydroxyl groups is 1. The van der Waals surface area contributed by atoms with E-state index in [0.29, 0.717) is 0 Å². The number of anilines is 1. The van der Waals surface area contributed by atoms with Crippen LogP contribution >= 0.6 is 0 Å². The molecule has 1 atom stereocenters. The second-order valence-electron chi connectivity index (χ2n) is 6.48. The molecule has 0 saturated carbocycles. The number of nitrogens with zero attached hydrogens (tertiary/aromatic N) is 1. The Morgan fingerprint density at radius 2 is 1.86 bits per heavy atom. The van der Waals surface area contributed by atoms with Crippen LogP contribution in [0.15, 0.2) is 18.2 Å². The number of phenolic OH excluding ortho intramolecular Hbond substituents is 1. The summed E-state index contributed by atoms with van der Waals surface area (Å²) < 4.78 is 9.85. The molecule has 0 aromatic heterocycles. The van der Waals surface area contributed by atoms with E-state index in [1.807, 2.05) is 13.8 Å². The Labute approximate surface area is 164 Å². The molecule has 0 heterocycles. The normalized spacial score (nSPS) is 11.6. The number of urea groups is 1. The lowest BCUT2D eigenvalue weighted by molar-refractivity contribution is -0.153. The fourth-order valence-corrected chi connectivity index (χ4v) is 2.31. The molecule has 2 amide bonds. The number of hydrogen-bond donors (Lipinski definition) is 3. The lowest BCUT2D eigenvalue weighted by atomic mass is 10.2. The molecule has 1 rings (SSSR count). The van der Waals surface area contributed by atoms with Gasteiger partial charge in [0, 0.05) is 13.0 Å². The number of para-hydroxylation sites is 1. The largest absolute Gasteiger partial charge is 0.504 e. The van der Waals surface area contributed by atoms with Crippen molar-refractivity contribution in [1.82, 2.24) is 4.90 Å². The number of esters is 2. The minimum Gasteiger partial charge on any atom is -0.504 e. The predicted molar refractivity (Wildman–Crippen MR) is 102 cm³/mol. The first kappa shape index (κ1) is 23.2. The third-order valence-corrected chi connectivity index (χ3v) is 3.57. The highest BCUT2D eigenvalue weighted by Gasteiger charge is 2.25. The molecule has 9 nitrogen and oxygen atoms in total. The summed E-state index contributed by atoms with van der Waals surface area (Å²) in [6.45, 7) is 7.06. The van der Waals surface area contributed by atoms with E-state index in [9.17, 15) is 24.6 Å². The van der Waals surface area contributed by atoms with Crippen molar-refractivity contribution in [3.63, 3.8) is 0 Å². The van der Waals surface area contributed by atoms with Gasteiger partial charge in [-0.15, -0.1) is 0 Å². The third kappa shape index (κ3) is 7.07. The molecule has 1 unspecified atom stereocenters. The number of ether oxygens (including phenoxy) is 2. The zero-order chi connectivity index (χ0) is 21.3. The number of carbonyl (C=O) groups excluding carboxylic acids is 3. The summed E-state index contributed by atoms with van der Waals surface area (Å²) in [5.41, 5.74) is 0.0891. The average Bonchev–Trinajstić information content (AvgIpc) is 2.63. The molecular formula is C19H28N2O7. The molecule has 1 aromatic carbocycles. The summed E-state index contributed by atoms with van der Waals surface area (Å²) >= 11 is 0. The Balaban J connectivity index is 3.00. The van der Waals surface area contributed by atoms with Crippen molar-refractivity contribution in [2.75, 3.05) is 25.0 Å². The zero-order valence-corrected chi connectivity index (χ0v) is 16.6. The van der Waals surface area contributed by atoms with Gasteiger partial charge in [0.05, 0.1) is 18.8 Å². The molecule has 0 aliphatic carbocycles. The summed E-state index contributed by atoms with van der Waals surface area (Å²) in [7, 11) is 0. The summed E-state index contributed by atoms with van der Waals surface area (Å²) in [5.74, 6) is -1.81. The highest BCUT2D eigenvalue weighted by Crippen LogP contribution is 2.34. The highest BCUT2D eigenvalue weighted by atomic mass is 16.5. The van der Waals surface area contributed by atoms with Crippen LogP contribution in [0.3, 0.4) is 0 Å². The van der Waals surface area contributed by atoms with E-state index in [1.165, 1.54) is 23.1 Å². The fourth-order valence-electron chi connectivity index (χ4n) is 2.31. The van der Waals surface area contributed by atoms with Gasteiger partial charge in [0.2, 0.25) is 0 Å². The standard InChI is InChI=1S/C19H28N2O7/c1-5-16(24)28-17-13(8-7-9-14(17)22)20-19(26)21(10-12(3)4)11-15(23)18(25)27-6-2/h7-9,12,15,22-23H,5-6,10-11H2,1-4H3,(H,20,26). The summed E-state index contributed by atoms with van der Waals surface area (Å²) in [6, 6.07) is 3.64. The van der Waals surface area contributed by atoms with E-state index in [-0.39, 0.29) is 49.2 Å².